The first-order valence-corrected chi connectivity index (χ1v) is 6.60. The Balaban J connectivity index is 2.84. The summed E-state index contributed by atoms with van der Waals surface area (Å²) in [4.78, 5) is 13.9. The number of thioether (sulfide) groups is 1. The van der Waals surface area contributed by atoms with Crippen molar-refractivity contribution < 1.29 is 4.79 Å². The molecule has 0 saturated heterocycles. The van der Waals surface area contributed by atoms with Gasteiger partial charge in [0.05, 0.1) is 5.75 Å². The van der Waals surface area contributed by atoms with Crippen LogP contribution in [0, 0.1) is 6.92 Å². The van der Waals surface area contributed by atoms with Gasteiger partial charge in [-0.15, -0.1) is 0 Å². The van der Waals surface area contributed by atoms with E-state index in [0.29, 0.717) is 5.75 Å². The molecule has 0 aliphatic heterocycles. The molecule has 0 saturated carbocycles. The van der Waals surface area contributed by atoms with E-state index in [9.17, 15) is 4.79 Å². The van der Waals surface area contributed by atoms with Crippen molar-refractivity contribution in [1.82, 2.24) is 0 Å². The lowest BCUT2D eigenvalue weighted by Gasteiger charge is -2.16. The second-order valence-corrected chi connectivity index (χ2v) is 5.23. The maximum atomic E-state index is 11.8. The molecule has 0 spiro atoms. The fourth-order valence-corrected chi connectivity index (χ4v) is 2.16. The summed E-state index contributed by atoms with van der Waals surface area (Å²) in [6.07, 6.45) is 0. The first-order chi connectivity index (χ1) is 7.56. The lowest BCUT2D eigenvalue weighted by Crippen LogP contribution is -2.11. The van der Waals surface area contributed by atoms with Crippen LogP contribution in [-0.4, -0.2) is 31.4 Å². The van der Waals surface area contributed by atoms with Crippen LogP contribution in [0.2, 0.25) is 0 Å². The number of ketones is 1. The van der Waals surface area contributed by atoms with E-state index in [-0.39, 0.29) is 5.78 Å². The topological polar surface area (TPSA) is 20.3 Å². The number of nitrogens with zero attached hydrogens (tertiary/aromatic N) is 1. The van der Waals surface area contributed by atoms with Crippen molar-refractivity contribution in [1.29, 1.82) is 0 Å². The number of carbonyl (C=O) groups excluding carboxylic acids is 1. The quantitative estimate of drug-likeness (QED) is 0.734. The molecule has 1 aromatic carbocycles. The fraction of sp³-hybridized carbons (Fsp3) is 0.462. The number of hydrogen-bond acceptors (Lipinski definition) is 3. The average Bonchev–Trinajstić information content (AvgIpc) is 2.25. The van der Waals surface area contributed by atoms with Crippen molar-refractivity contribution in [3.8, 4) is 0 Å². The van der Waals surface area contributed by atoms with Gasteiger partial charge in [-0.1, -0.05) is 6.92 Å². The Morgan fingerprint density at radius 1 is 1.38 bits per heavy atom. The second kappa shape index (κ2) is 5.94. The van der Waals surface area contributed by atoms with Crippen LogP contribution < -0.4 is 4.90 Å². The van der Waals surface area contributed by atoms with E-state index in [0.717, 1.165) is 16.9 Å². The predicted octanol–water partition coefficient (Wildman–Crippen LogP) is 3.00. The largest absolute Gasteiger partial charge is 0.377 e. The molecule has 0 bridgehead atoms. The summed E-state index contributed by atoms with van der Waals surface area (Å²) >= 11 is 1.67. The molecule has 16 heavy (non-hydrogen) atoms. The second-order valence-electron chi connectivity index (χ2n) is 3.96. The molecule has 0 radical (unpaired) electrons. The molecule has 0 fully saturated rings. The highest BCUT2D eigenvalue weighted by atomic mass is 32.2. The first kappa shape index (κ1) is 13.1. The Hall–Kier alpha value is -0.960. The highest BCUT2D eigenvalue weighted by molar-refractivity contribution is 7.99. The van der Waals surface area contributed by atoms with Gasteiger partial charge >= 0.3 is 0 Å². The smallest absolute Gasteiger partial charge is 0.172 e. The molecule has 0 N–H and O–H groups in total. The summed E-state index contributed by atoms with van der Waals surface area (Å²) in [7, 11) is 4.02. The van der Waals surface area contributed by atoms with Crippen molar-refractivity contribution in [3.63, 3.8) is 0 Å². The molecular weight excluding hydrogens is 218 g/mol. The maximum absolute atomic E-state index is 11.8. The zero-order valence-corrected chi connectivity index (χ0v) is 11.2. The van der Waals surface area contributed by atoms with Crippen LogP contribution in [0.1, 0.15) is 22.8 Å². The highest BCUT2D eigenvalue weighted by Gasteiger charge is 2.08. The SMILES string of the molecule is CCSCC(=O)c1ccc(N(C)C)c(C)c1. The number of carbonyl (C=O) groups is 1. The van der Waals surface area contributed by atoms with Gasteiger partial charge < -0.3 is 4.90 Å². The van der Waals surface area contributed by atoms with E-state index in [4.69, 9.17) is 0 Å². The van der Waals surface area contributed by atoms with Crippen molar-refractivity contribution >= 4 is 23.2 Å². The lowest BCUT2D eigenvalue weighted by atomic mass is 10.1. The van der Waals surface area contributed by atoms with Gasteiger partial charge in [0.2, 0.25) is 0 Å². The average molecular weight is 237 g/mol. The van der Waals surface area contributed by atoms with Crippen LogP contribution in [0.5, 0.6) is 0 Å². The molecule has 1 aromatic rings. The zero-order chi connectivity index (χ0) is 12.1. The third kappa shape index (κ3) is 3.27. The molecule has 88 valence electrons. The summed E-state index contributed by atoms with van der Waals surface area (Å²) in [5.41, 5.74) is 3.14. The number of benzene rings is 1. The molecule has 0 aliphatic carbocycles. The van der Waals surface area contributed by atoms with Crippen LogP contribution in [-0.2, 0) is 0 Å². The Bertz CT molecular complexity index is 374. The lowest BCUT2D eigenvalue weighted by molar-refractivity contribution is 0.102. The van der Waals surface area contributed by atoms with Gasteiger partial charge in [0.1, 0.15) is 0 Å². The zero-order valence-electron chi connectivity index (χ0n) is 10.4. The van der Waals surface area contributed by atoms with Gasteiger partial charge in [-0.05, 0) is 36.4 Å². The Labute approximate surface area is 102 Å². The third-order valence-corrected chi connectivity index (χ3v) is 3.31. The molecular formula is C13H19NOS. The van der Waals surface area contributed by atoms with Crippen LogP contribution in [0.15, 0.2) is 18.2 Å². The van der Waals surface area contributed by atoms with E-state index in [2.05, 4.69) is 11.8 Å². The van der Waals surface area contributed by atoms with Gasteiger partial charge in [0.25, 0.3) is 0 Å². The predicted molar refractivity (Wildman–Crippen MR) is 72.8 cm³/mol. The summed E-state index contributed by atoms with van der Waals surface area (Å²) < 4.78 is 0. The minimum atomic E-state index is 0.222. The van der Waals surface area contributed by atoms with Crippen molar-refractivity contribution in [2.45, 2.75) is 13.8 Å². The summed E-state index contributed by atoms with van der Waals surface area (Å²) in [6, 6.07) is 5.91. The van der Waals surface area contributed by atoms with Crippen LogP contribution in [0.3, 0.4) is 0 Å². The van der Waals surface area contributed by atoms with Gasteiger partial charge in [0.15, 0.2) is 5.78 Å². The number of hydrogen-bond donors (Lipinski definition) is 0. The number of aryl methyl sites for hydroxylation is 1. The molecule has 0 unspecified atom stereocenters. The minimum absolute atomic E-state index is 0.222. The first-order valence-electron chi connectivity index (χ1n) is 5.45. The third-order valence-electron chi connectivity index (χ3n) is 2.44. The molecule has 0 aromatic heterocycles. The Kier molecular flexibility index (Phi) is 4.87. The standard InChI is InChI=1S/C13H19NOS/c1-5-16-9-13(15)11-6-7-12(14(3)4)10(2)8-11/h6-8H,5,9H2,1-4H3. The molecule has 0 atom stereocenters. The summed E-state index contributed by atoms with van der Waals surface area (Å²) in [5, 5.41) is 0. The monoisotopic (exact) mass is 237 g/mol. The van der Waals surface area contributed by atoms with Crippen molar-refractivity contribution in [2.75, 3.05) is 30.5 Å². The van der Waals surface area contributed by atoms with Gasteiger partial charge in [-0.2, -0.15) is 11.8 Å². The van der Waals surface area contributed by atoms with E-state index >= 15 is 0 Å². The highest BCUT2D eigenvalue weighted by Crippen LogP contribution is 2.20. The van der Waals surface area contributed by atoms with Crippen LogP contribution >= 0.6 is 11.8 Å². The number of anilines is 1. The van der Waals surface area contributed by atoms with Crippen molar-refractivity contribution in [2.24, 2.45) is 0 Å². The molecule has 0 heterocycles. The molecule has 3 heteroatoms. The Morgan fingerprint density at radius 3 is 2.56 bits per heavy atom. The summed E-state index contributed by atoms with van der Waals surface area (Å²) in [6.45, 7) is 4.11. The maximum Gasteiger partial charge on any atom is 0.172 e. The number of Topliss-reactive ketones (excluding diaryl/α,β-unsaturated/α-hetero) is 1. The van der Waals surface area contributed by atoms with Gasteiger partial charge in [-0.25, -0.2) is 0 Å². The van der Waals surface area contributed by atoms with E-state index in [1.807, 2.05) is 39.2 Å². The molecule has 2 nitrogen and oxygen atoms in total. The van der Waals surface area contributed by atoms with Gasteiger partial charge in [0, 0.05) is 25.3 Å². The number of rotatable bonds is 5. The van der Waals surface area contributed by atoms with E-state index < -0.39 is 0 Å². The van der Waals surface area contributed by atoms with E-state index in [1.54, 1.807) is 11.8 Å². The van der Waals surface area contributed by atoms with Gasteiger partial charge in [-0.3, -0.25) is 4.79 Å². The molecule has 0 amide bonds. The summed E-state index contributed by atoms with van der Waals surface area (Å²) in [5.74, 6) is 1.79. The Morgan fingerprint density at radius 2 is 2.06 bits per heavy atom. The van der Waals surface area contributed by atoms with E-state index in [1.165, 1.54) is 5.69 Å². The molecule has 0 aliphatic rings. The fourth-order valence-electron chi connectivity index (χ4n) is 1.61. The van der Waals surface area contributed by atoms with Crippen molar-refractivity contribution in [3.05, 3.63) is 29.3 Å². The normalized spacial score (nSPS) is 10.2. The van der Waals surface area contributed by atoms with Crippen LogP contribution in [0.25, 0.3) is 0 Å². The minimum Gasteiger partial charge on any atom is -0.377 e. The van der Waals surface area contributed by atoms with Crippen LogP contribution in [0.4, 0.5) is 5.69 Å². The molecule has 1 rings (SSSR count).